The van der Waals surface area contributed by atoms with Gasteiger partial charge >= 0.3 is 0 Å². The van der Waals surface area contributed by atoms with Crippen LogP contribution >= 0.6 is 0 Å². The summed E-state index contributed by atoms with van der Waals surface area (Å²) in [6, 6.07) is 7.04. The van der Waals surface area contributed by atoms with Gasteiger partial charge in [0.25, 0.3) is 11.6 Å². The number of rotatable bonds is 3. The van der Waals surface area contributed by atoms with Gasteiger partial charge in [0.05, 0.1) is 16.6 Å². The molecule has 26 heavy (non-hydrogen) atoms. The van der Waals surface area contributed by atoms with Gasteiger partial charge in [0.1, 0.15) is 0 Å². The van der Waals surface area contributed by atoms with E-state index in [0.29, 0.717) is 33.7 Å². The van der Waals surface area contributed by atoms with Gasteiger partial charge in [-0.2, -0.15) is 0 Å². The standard InChI is InChI=1S/C19H18N4O3/c1-10-16-17(14-7-4-8-15(14)22-19(16)26-23-10)18(25)21-13-6-3-5-12(9-13)20-11(2)24/h3,5-6,9H,4,7-8H2,1-2H3,(H,20,24)(H,21,25). The summed E-state index contributed by atoms with van der Waals surface area (Å²) < 4.78 is 5.29. The highest BCUT2D eigenvalue weighted by molar-refractivity contribution is 6.13. The third kappa shape index (κ3) is 2.81. The predicted octanol–water partition coefficient (Wildman–Crippen LogP) is 3.23. The van der Waals surface area contributed by atoms with Gasteiger partial charge in [-0.1, -0.05) is 11.2 Å². The number of anilines is 2. The van der Waals surface area contributed by atoms with Crippen LogP contribution in [0.25, 0.3) is 11.1 Å². The van der Waals surface area contributed by atoms with Crippen molar-refractivity contribution in [3.05, 3.63) is 46.8 Å². The lowest BCUT2D eigenvalue weighted by molar-refractivity contribution is -0.114. The molecule has 7 heteroatoms. The molecule has 1 aliphatic carbocycles. The second-order valence-electron chi connectivity index (χ2n) is 6.43. The van der Waals surface area contributed by atoms with Crippen LogP contribution < -0.4 is 10.6 Å². The van der Waals surface area contributed by atoms with Crippen molar-refractivity contribution >= 4 is 34.3 Å². The number of carbonyl (C=O) groups is 2. The fraction of sp³-hybridized carbons (Fsp3) is 0.263. The Morgan fingerprint density at radius 1 is 1.15 bits per heavy atom. The summed E-state index contributed by atoms with van der Waals surface area (Å²) >= 11 is 0. The number of carbonyl (C=O) groups excluding carboxylic acids is 2. The first-order valence-electron chi connectivity index (χ1n) is 8.49. The van der Waals surface area contributed by atoms with Crippen molar-refractivity contribution in [1.82, 2.24) is 10.1 Å². The third-order valence-electron chi connectivity index (χ3n) is 4.49. The first-order chi connectivity index (χ1) is 12.5. The average Bonchev–Trinajstić information content (AvgIpc) is 3.19. The molecule has 0 radical (unpaired) electrons. The number of pyridine rings is 1. The second-order valence-corrected chi connectivity index (χ2v) is 6.43. The smallest absolute Gasteiger partial charge is 0.259 e. The van der Waals surface area contributed by atoms with E-state index in [0.717, 1.165) is 30.5 Å². The van der Waals surface area contributed by atoms with Gasteiger partial charge in [0.2, 0.25) is 5.91 Å². The lowest BCUT2D eigenvalue weighted by Crippen LogP contribution is -2.16. The fourth-order valence-corrected chi connectivity index (χ4v) is 3.44. The van der Waals surface area contributed by atoms with Crippen molar-refractivity contribution in [2.45, 2.75) is 33.1 Å². The average molecular weight is 350 g/mol. The van der Waals surface area contributed by atoms with E-state index in [4.69, 9.17) is 4.52 Å². The molecule has 0 saturated carbocycles. The SMILES string of the molecule is CC(=O)Nc1cccc(NC(=O)c2c3c(nc4onc(C)c24)CCC3)c1. The van der Waals surface area contributed by atoms with Crippen molar-refractivity contribution in [1.29, 1.82) is 0 Å². The number of aryl methyl sites for hydroxylation is 2. The van der Waals surface area contributed by atoms with E-state index in [2.05, 4.69) is 20.8 Å². The Hall–Kier alpha value is -3.22. The van der Waals surface area contributed by atoms with Gasteiger partial charge in [-0.3, -0.25) is 9.59 Å². The van der Waals surface area contributed by atoms with Crippen LogP contribution in [0.1, 0.15) is 40.7 Å². The normalized spacial score (nSPS) is 12.8. The zero-order valence-corrected chi connectivity index (χ0v) is 14.5. The number of nitrogens with one attached hydrogen (secondary N) is 2. The summed E-state index contributed by atoms with van der Waals surface area (Å²) in [5.74, 6) is -0.385. The predicted molar refractivity (Wildman–Crippen MR) is 97.3 cm³/mol. The molecule has 3 aromatic rings. The number of hydrogen-bond acceptors (Lipinski definition) is 5. The highest BCUT2D eigenvalue weighted by Crippen LogP contribution is 2.32. The van der Waals surface area contributed by atoms with E-state index >= 15 is 0 Å². The Balaban J connectivity index is 1.73. The largest absolute Gasteiger partial charge is 0.336 e. The van der Waals surface area contributed by atoms with Gasteiger partial charge in [0.15, 0.2) is 0 Å². The molecule has 132 valence electrons. The van der Waals surface area contributed by atoms with Crippen LogP contribution in [0.4, 0.5) is 11.4 Å². The van der Waals surface area contributed by atoms with Crippen molar-refractivity contribution in [2.75, 3.05) is 10.6 Å². The Bertz CT molecular complexity index is 1040. The summed E-state index contributed by atoms with van der Waals surface area (Å²) in [5.41, 5.74) is 4.75. The molecule has 1 aliphatic rings. The number of hydrogen-bond donors (Lipinski definition) is 2. The topological polar surface area (TPSA) is 97.1 Å². The number of fused-ring (bicyclic) bond motifs is 2. The molecule has 0 spiro atoms. The fourth-order valence-electron chi connectivity index (χ4n) is 3.44. The molecule has 0 atom stereocenters. The summed E-state index contributed by atoms with van der Waals surface area (Å²) in [4.78, 5) is 28.8. The van der Waals surface area contributed by atoms with Crippen molar-refractivity contribution in [3.63, 3.8) is 0 Å². The summed E-state index contributed by atoms with van der Waals surface area (Å²) in [5, 5.41) is 10.3. The molecule has 0 aliphatic heterocycles. The molecular formula is C19H18N4O3. The quantitative estimate of drug-likeness (QED) is 0.756. The van der Waals surface area contributed by atoms with E-state index in [1.807, 2.05) is 6.92 Å². The van der Waals surface area contributed by atoms with Crippen LogP contribution in [0.2, 0.25) is 0 Å². The van der Waals surface area contributed by atoms with E-state index in [9.17, 15) is 9.59 Å². The zero-order chi connectivity index (χ0) is 18.3. The van der Waals surface area contributed by atoms with Crippen LogP contribution in [0.3, 0.4) is 0 Å². The minimum absolute atomic E-state index is 0.165. The van der Waals surface area contributed by atoms with Crippen LogP contribution in [0.15, 0.2) is 28.8 Å². The molecule has 0 unspecified atom stereocenters. The van der Waals surface area contributed by atoms with Crippen molar-refractivity contribution in [3.8, 4) is 0 Å². The maximum absolute atomic E-state index is 13.1. The Labute approximate surface area is 149 Å². The molecule has 0 bridgehead atoms. The molecule has 1 aromatic carbocycles. The molecule has 4 rings (SSSR count). The Morgan fingerprint density at radius 2 is 1.92 bits per heavy atom. The van der Waals surface area contributed by atoms with E-state index in [1.165, 1.54) is 6.92 Å². The monoisotopic (exact) mass is 350 g/mol. The molecule has 0 fully saturated rings. The Morgan fingerprint density at radius 3 is 2.69 bits per heavy atom. The summed E-state index contributed by atoms with van der Waals surface area (Å²) in [6.45, 7) is 3.25. The summed E-state index contributed by atoms with van der Waals surface area (Å²) in [6.07, 6.45) is 2.63. The summed E-state index contributed by atoms with van der Waals surface area (Å²) in [7, 11) is 0. The molecule has 7 nitrogen and oxygen atoms in total. The highest BCUT2D eigenvalue weighted by atomic mass is 16.5. The lowest BCUT2D eigenvalue weighted by Gasteiger charge is -2.11. The molecule has 2 aromatic heterocycles. The minimum atomic E-state index is -0.221. The van der Waals surface area contributed by atoms with Gasteiger partial charge in [0, 0.05) is 24.0 Å². The van der Waals surface area contributed by atoms with Crippen molar-refractivity contribution < 1.29 is 14.1 Å². The number of aromatic nitrogens is 2. The van der Waals surface area contributed by atoms with Crippen LogP contribution in [0.5, 0.6) is 0 Å². The van der Waals surface area contributed by atoms with Gasteiger partial charge < -0.3 is 15.2 Å². The number of amides is 2. The number of benzene rings is 1. The molecular weight excluding hydrogens is 332 g/mol. The maximum Gasteiger partial charge on any atom is 0.259 e. The van der Waals surface area contributed by atoms with Gasteiger partial charge in [-0.05, 0) is 49.9 Å². The third-order valence-corrected chi connectivity index (χ3v) is 4.49. The minimum Gasteiger partial charge on any atom is -0.336 e. The Kier molecular flexibility index (Phi) is 3.91. The first-order valence-corrected chi connectivity index (χ1v) is 8.49. The van der Waals surface area contributed by atoms with E-state index in [-0.39, 0.29) is 11.8 Å². The highest BCUT2D eigenvalue weighted by Gasteiger charge is 2.27. The lowest BCUT2D eigenvalue weighted by atomic mass is 10.0. The van der Waals surface area contributed by atoms with Crippen LogP contribution in [0, 0.1) is 6.92 Å². The second kappa shape index (κ2) is 6.25. The molecule has 2 amide bonds. The maximum atomic E-state index is 13.1. The van der Waals surface area contributed by atoms with Crippen LogP contribution in [-0.4, -0.2) is 22.0 Å². The van der Waals surface area contributed by atoms with E-state index < -0.39 is 0 Å². The number of nitrogens with zero attached hydrogens (tertiary/aromatic N) is 2. The zero-order valence-electron chi connectivity index (χ0n) is 14.5. The van der Waals surface area contributed by atoms with Crippen molar-refractivity contribution in [2.24, 2.45) is 0 Å². The molecule has 2 N–H and O–H groups in total. The molecule has 2 heterocycles. The van der Waals surface area contributed by atoms with Gasteiger partial charge in [-0.15, -0.1) is 0 Å². The van der Waals surface area contributed by atoms with E-state index in [1.54, 1.807) is 24.3 Å². The first kappa shape index (κ1) is 16.3. The molecule has 0 saturated heterocycles. The van der Waals surface area contributed by atoms with Gasteiger partial charge in [-0.25, -0.2) is 4.98 Å². The van der Waals surface area contributed by atoms with Crippen LogP contribution in [-0.2, 0) is 17.6 Å².